The van der Waals surface area contributed by atoms with E-state index in [9.17, 15) is 13.2 Å². The lowest BCUT2D eigenvalue weighted by atomic mass is 10.1. The molecule has 1 atom stereocenters. The lowest BCUT2D eigenvalue weighted by Gasteiger charge is -2.23. The first-order valence-corrected chi connectivity index (χ1v) is 13.1. The number of H-pyrrole nitrogens is 1. The number of nitrogens with two attached hydrogens (primary N) is 1. The third-order valence-electron chi connectivity index (χ3n) is 6.51. The summed E-state index contributed by atoms with van der Waals surface area (Å²) in [5, 5.41) is 0.493. The highest BCUT2D eigenvalue weighted by molar-refractivity contribution is 7.90. The maximum Gasteiger partial charge on any atom is 0.327 e. The van der Waals surface area contributed by atoms with E-state index in [0.29, 0.717) is 59.7 Å². The van der Waals surface area contributed by atoms with Crippen LogP contribution in [0, 0.1) is 6.92 Å². The second-order valence-electron chi connectivity index (χ2n) is 8.95. The summed E-state index contributed by atoms with van der Waals surface area (Å²) >= 11 is 0. The maximum absolute atomic E-state index is 13.3. The summed E-state index contributed by atoms with van der Waals surface area (Å²) in [4.78, 5) is 24.4. The average Bonchev–Trinajstić information content (AvgIpc) is 3.47. The topological polar surface area (TPSA) is 147 Å². The van der Waals surface area contributed by atoms with E-state index in [1.54, 1.807) is 41.1 Å². The number of nitrogens with zero attached hydrogens (tertiary/aromatic N) is 4. The molecule has 0 amide bonds. The fraction of sp³-hybridized carbons (Fsp3) is 0.240. The number of ether oxygens (including phenoxy) is 2. The molecule has 190 valence electrons. The number of hydrogen-bond donors (Lipinski definition) is 2. The van der Waals surface area contributed by atoms with Gasteiger partial charge < -0.3 is 15.2 Å². The van der Waals surface area contributed by atoms with Gasteiger partial charge in [0.25, 0.3) is 10.0 Å². The molecule has 5 heterocycles. The zero-order valence-corrected chi connectivity index (χ0v) is 20.7. The number of anilines is 1. The largest absolute Gasteiger partial charge is 0.398 e. The first kappa shape index (κ1) is 23.4. The van der Waals surface area contributed by atoms with Crippen LogP contribution in [0.3, 0.4) is 0 Å². The summed E-state index contributed by atoms with van der Waals surface area (Å²) in [7, 11) is -3.86. The van der Waals surface area contributed by atoms with Crippen molar-refractivity contribution in [3.63, 3.8) is 0 Å². The molecule has 1 aromatic carbocycles. The molecule has 3 N–H and O–H groups in total. The first-order valence-electron chi connectivity index (χ1n) is 11.7. The highest BCUT2D eigenvalue weighted by atomic mass is 32.2. The van der Waals surface area contributed by atoms with Gasteiger partial charge in [0, 0.05) is 35.1 Å². The number of benzene rings is 1. The number of pyridine rings is 2. The molecular weight excluding hydrogens is 496 g/mol. The highest BCUT2D eigenvalue weighted by Gasteiger charge is 2.22. The predicted molar refractivity (Wildman–Crippen MR) is 138 cm³/mol. The maximum atomic E-state index is 13.3. The van der Waals surface area contributed by atoms with Gasteiger partial charge in [0.2, 0.25) is 0 Å². The molecule has 11 nitrogen and oxygen atoms in total. The summed E-state index contributed by atoms with van der Waals surface area (Å²) in [5.41, 5.74) is 10.0. The molecule has 0 unspecified atom stereocenters. The molecule has 1 aliphatic rings. The average molecular weight is 521 g/mol. The zero-order chi connectivity index (χ0) is 25.7. The molecular formula is C25H24N6O5S. The summed E-state index contributed by atoms with van der Waals surface area (Å²) in [6, 6.07) is 10.1. The molecule has 0 saturated carbocycles. The van der Waals surface area contributed by atoms with Crippen molar-refractivity contribution in [1.29, 1.82) is 0 Å². The van der Waals surface area contributed by atoms with Crippen LogP contribution in [0.25, 0.3) is 33.3 Å². The van der Waals surface area contributed by atoms with Gasteiger partial charge in [-0.05, 0) is 31.2 Å². The first-order chi connectivity index (χ1) is 17.8. The molecule has 0 radical (unpaired) electrons. The Bertz CT molecular complexity index is 1800. The van der Waals surface area contributed by atoms with Gasteiger partial charge in [0.15, 0.2) is 11.3 Å². The molecule has 0 spiro atoms. The van der Waals surface area contributed by atoms with Crippen LogP contribution in [0.1, 0.15) is 5.56 Å². The van der Waals surface area contributed by atoms with Gasteiger partial charge >= 0.3 is 5.69 Å². The minimum atomic E-state index is -3.86. The molecule has 1 aliphatic heterocycles. The van der Waals surface area contributed by atoms with E-state index in [4.69, 9.17) is 15.2 Å². The van der Waals surface area contributed by atoms with Crippen LogP contribution in [0.4, 0.5) is 5.69 Å². The smallest absolute Gasteiger partial charge is 0.327 e. The fourth-order valence-corrected chi connectivity index (χ4v) is 5.84. The molecule has 1 saturated heterocycles. The Labute approximate surface area is 211 Å². The second kappa shape index (κ2) is 8.83. The van der Waals surface area contributed by atoms with Crippen LogP contribution in [0.5, 0.6) is 0 Å². The Morgan fingerprint density at radius 2 is 1.95 bits per heavy atom. The number of aromatic nitrogens is 5. The number of rotatable bonds is 5. The summed E-state index contributed by atoms with van der Waals surface area (Å²) in [6.07, 6.45) is 4.33. The van der Waals surface area contributed by atoms with Gasteiger partial charge in [0.1, 0.15) is 0 Å². The quantitative estimate of drug-likeness (QED) is 0.359. The van der Waals surface area contributed by atoms with Crippen LogP contribution in [-0.4, -0.2) is 57.8 Å². The Balaban J connectivity index is 1.41. The van der Waals surface area contributed by atoms with Crippen LogP contribution >= 0.6 is 0 Å². The highest BCUT2D eigenvalue weighted by Crippen LogP contribution is 2.33. The number of nitrogen functional groups attached to an aromatic ring is 1. The summed E-state index contributed by atoms with van der Waals surface area (Å²) < 4.78 is 40.4. The molecule has 4 aromatic heterocycles. The van der Waals surface area contributed by atoms with Crippen molar-refractivity contribution in [1.82, 2.24) is 23.5 Å². The second-order valence-corrected chi connectivity index (χ2v) is 10.8. The molecule has 37 heavy (non-hydrogen) atoms. The van der Waals surface area contributed by atoms with E-state index in [0.717, 1.165) is 9.54 Å². The van der Waals surface area contributed by atoms with Crippen molar-refractivity contribution in [2.75, 3.05) is 25.6 Å². The van der Waals surface area contributed by atoms with Crippen molar-refractivity contribution in [3.05, 3.63) is 71.0 Å². The molecule has 0 aliphatic carbocycles. The van der Waals surface area contributed by atoms with Crippen molar-refractivity contribution in [2.24, 2.45) is 0 Å². The van der Waals surface area contributed by atoms with Crippen LogP contribution in [-0.2, 0) is 26.0 Å². The van der Waals surface area contributed by atoms with Gasteiger partial charge in [-0.25, -0.2) is 27.2 Å². The fourth-order valence-electron chi connectivity index (χ4n) is 4.54. The van der Waals surface area contributed by atoms with Crippen molar-refractivity contribution in [2.45, 2.75) is 24.5 Å². The number of aryl methyl sites for hydroxylation is 1. The Kier molecular flexibility index (Phi) is 5.59. The van der Waals surface area contributed by atoms with Gasteiger partial charge in [-0.15, -0.1) is 0 Å². The predicted octanol–water partition coefficient (Wildman–Crippen LogP) is 2.28. The van der Waals surface area contributed by atoms with Gasteiger partial charge in [-0.1, -0.05) is 17.7 Å². The van der Waals surface area contributed by atoms with E-state index < -0.39 is 10.0 Å². The minimum Gasteiger partial charge on any atom is -0.398 e. The van der Waals surface area contributed by atoms with Gasteiger partial charge in [0.05, 0.1) is 48.6 Å². The monoisotopic (exact) mass is 520 g/mol. The zero-order valence-electron chi connectivity index (χ0n) is 19.9. The Morgan fingerprint density at radius 3 is 2.70 bits per heavy atom. The number of nitrogens with one attached hydrogen (secondary N) is 1. The number of fused-ring (bicyclic) bond motifs is 2. The Morgan fingerprint density at radius 1 is 1.14 bits per heavy atom. The SMILES string of the molecule is Cc1ccc(S(=O)(=O)n2ccc3c(N)c(-c4cnc5[nH]c(=O)n(C[C@H]6COCCO6)c5c4)cnc32)cc1. The standard InChI is InChI=1S/C25H24N6O5S/c1-15-2-4-18(5-3-15)37(33,34)31-7-6-19-22(26)20(12-28-24(19)31)16-10-21-23(27-11-16)29-25(32)30(21)13-17-14-35-8-9-36-17/h2-7,10-12,17H,8-9,13-14H2,1H3,(H2,26,28)(H,27,29,32)/t17-/m0/s1. The van der Waals surface area contributed by atoms with E-state index in [1.165, 1.54) is 12.4 Å². The number of imidazole rings is 1. The van der Waals surface area contributed by atoms with E-state index in [-0.39, 0.29) is 22.3 Å². The van der Waals surface area contributed by atoms with Crippen LogP contribution in [0.15, 0.2) is 64.7 Å². The lowest BCUT2D eigenvalue weighted by Crippen LogP contribution is -2.34. The van der Waals surface area contributed by atoms with Crippen LogP contribution in [0.2, 0.25) is 0 Å². The molecule has 1 fully saturated rings. The van der Waals surface area contributed by atoms with Gasteiger partial charge in [-0.3, -0.25) is 9.55 Å². The normalized spacial score (nSPS) is 16.5. The van der Waals surface area contributed by atoms with Crippen molar-refractivity contribution < 1.29 is 17.9 Å². The molecule has 0 bridgehead atoms. The molecule has 12 heteroatoms. The summed E-state index contributed by atoms with van der Waals surface area (Å²) in [5.74, 6) is 0. The van der Waals surface area contributed by atoms with E-state index in [2.05, 4.69) is 15.0 Å². The Hall–Kier alpha value is -4.00. The van der Waals surface area contributed by atoms with Crippen molar-refractivity contribution in [3.8, 4) is 11.1 Å². The number of aromatic amines is 1. The molecule has 6 rings (SSSR count). The van der Waals surface area contributed by atoms with E-state index >= 15 is 0 Å². The van der Waals surface area contributed by atoms with Crippen molar-refractivity contribution >= 4 is 37.9 Å². The molecule has 5 aromatic rings. The lowest BCUT2D eigenvalue weighted by molar-refractivity contribution is -0.0934. The van der Waals surface area contributed by atoms with Gasteiger partial charge in [-0.2, -0.15) is 0 Å². The van der Waals surface area contributed by atoms with E-state index in [1.807, 2.05) is 13.0 Å². The summed E-state index contributed by atoms with van der Waals surface area (Å²) in [6.45, 7) is 3.63. The third-order valence-corrected chi connectivity index (χ3v) is 8.19. The minimum absolute atomic E-state index is 0.160. The van der Waals surface area contributed by atoms with Crippen LogP contribution < -0.4 is 11.4 Å². The number of hydrogen-bond acceptors (Lipinski definition) is 8. The third kappa shape index (κ3) is 3.99.